The maximum atomic E-state index is 11.2. The molecule has 1 aliphatic rings. The molecule has 1 atom stereocenters. The maximum Gasteiger partial charge on any atom is 0.331 e. The number of anilines is 1. The number of carboxylic acid groups (broad SMARTS) is 1. The molecule has 0 aliphatic carbocycles. The molecule has 2 N–H and O–H groups in total. The topological polar surface area (TPSA) is 117 Å². The zero-order valence-corrected chi connectivity index (χ0v) is 12.3. The van der Waals surface area contributed by atoms with Crippen molar-refractivity contribution in [2.24, 2.45) is 5.10 Å². The SMILES string of the molecule is CC(C)Oc1ccc(N2N=CC(C)(C(=O)O)N2)cc1[N+](=O)[O-]. The summed E-state index contributed by atoms with van der Waals surface area (Å²) in [4.78, 5) is 21.7. The number of carbonyl (C=O) groups is 1. The lowest BCUT2D eigenvalue weighted by atomic mass is 10.1. The average Bonchev–Trinajstić information content (AvgIpc) is 2.82. The van der Waals surface area contributed by atoms with Gasteiger partial charge in [-0.25, -0.2) is 4.79 Å². The van der Waals surface area contributed by atoms with Crippen LogP contribution in [0.1, 0.15) is 20.8 Å². The van der Waals surface area contributed by atoms with Crippen molar-refractivity contribution in [2.75, 3.05) is 5.12 Å². The number of ether oxygens (including phenoxy) is 1. The van der Waals surface area contributed by atoms with Gasteiger partial charge in [-0.15, -0.1) is 0 Å². The number of hydrogen-bond acceptors (Lipinski definition) is 7. The number of nitrogens with zero attached hydrogens (tertiary/aromatic N) is 3. The third kappa shape index (κ3) is 2.98. The minimum Gasteiger partial charge on any atom is -0.484 e. The highest BCUT2D eigenvalue weighted by molar-refractivity contribution is 6.00. The first-order chi connectivity index (χ1) is 10.2. The molecule has 1 aliphatic heterocycles. The molecule has 1 aromatic carbocycles. The normalized spacial score (nSPS) is 20.5. The molecule has 22 heavy (non-hydrogen) atoms. The Bertz CT molecular complexity index is 645. The van der Waals surface area contributed by atoms with Gasteiger partial charge in [0.1, 0.15) is 0 Å². The molecule has 0 amide bonds. The number of benzene rings is 1. The maximum absolute atomic E-state index is 11.2. The number of nitro benzene ring substituents is 1. The van der Waals surface area contributed by atoms with Crippen LogP contribution in [0.2, 0.25) is 0 Å². The fourth-order valence-corrected chi connectivity index (χ4v) is 1.82. The second-order valence-electron chi connectivity index (χ2n) is 5.25. The van der Waals surface area contributed by atoms with E-state index < -0.39 is 16.4 Å². The Hall–Kier alpha value is -2.68. The van der Waals surface area contributed by atoms with E-state index in [0.29, 0.717) is 5.69 Å². The van der Waals surface area contributed by atoms with Crippen LogP contribution in [0.5, 0.6) is 5.75 Å². The molecule has 0 saturated carbocycles. The summed E-state index contributed by atoms with van der Waals surface area (Å²) in [6, 6.07) is 4.29. The van der Waals surface area contributed by atoms with E-state index in [-0.39, 0.29) is 17.5 Å². The Balaban J connectivity index is 2.31. The molecule has 2 rings (SSSR count). The molecule has 0 saturated heterocycles. The van der Waals surface area contributed by atoms with Crippen LogP contribution in [0.25, 0.3) is 0 Å². The molecule has 0 bridgehead atoms. The summed E-state index contributed by atoms with van der Waals surface area (Å²) >= 11 is 0. The van der Waals surface area contributed by atoms with Crippen LogP contribution < -0.4 is 15.3 Å². The van der Waals surface area contributed by atoms with Gasteiger partial charge < -0.3 is 9.84 Å². The van der Waals surface area contributed by atoms with Gasteiger partial charge in [0.2, 0.25) is 0 Å². The van der Waals surface area contributed by atoms with Crippen LogP contribution >= 0.6 is 0 Å². The van der Waals surface area contributed by atoms with E-state index in [4.69, 9.17) is 9.84 Å². The largest absolute Gasteiger partial charge is 0.484 e. The van der Waals surface area contributed by atoms with Crippen molar-refractivity contribution in [3.8, 4) is 5.75 Å². The van der Waals surface area contributed by atoms with Gasteiger partial charge in [0.25, 0.3) is 0 Å². The van der Waals surface area contributed by atoms with Crippen molar-refractivity contribution >= 4 is 23.6 Å². The highest BCUT2D eigenvalue weighted by Gasteiger charge is 2.38. The molecule has 1 unspecified atom stereocenters. The Labute approximate surface area is 126 Å². The van der Waals surface area contributed by atoms with E-state index in [0.717, 1.165) is 0 Å². The second kappa shape index (κ2) is 5.60. The van der Waals surface area contributed by atoms with E-state index in [1.54, 1.807) is 19.9 Å². The van der Waals surface area contributed by atoms with Crippen LogP contribution in [0.15, 0.2) is 23.3 Å². The molecule has 0 aromatic heterocycles. The smallest absolute Gasteiger partial charge is 0.331 e. The standard InChI is InChI=1S/C13H16N4O5/c1-8(2)22-11-5-4-9(6-10(11)17(20)21)16-14-7-13(3,15-16)12(18)19/h4-8,15H,1-3H3,(H,18,19). The van der Waals surface area contributed by atoms with E-state index in [1.807, 2.05) is 0 Å². The zero-order chi connectivity index (χ0) is 16.5. The predicted molar refractivity (Wildman–Crippen MR) is 79.0 cm³/mol. The first kappa shape index (κ1) is 15.7. The molecule has 1 aromatic rings. The van der Waals surface area contributed by atoms with Crippen LogP contribution in [0.3, 0.4) is 0 Å². The van der Waals surface area contributed by atoms with Gasteiger partial charge in [-0.2, -0.15) is 15.6 Å². The van der Waals surface area contributed by atoms with Crippen molar-refractivity contribution in [3.05, 3.63) is 28.3 Å². The lowest BCUT2D eigenvalue weighted by Gasteiger charge is -2.21. The summed E-state index contributed by atoms with van der Waals surface area (Å²) in [6.45, 7) is 4.97. The lowest BCUT2D eigenvalue weighted by Crippen LogP contribution is -2.51. The van der Waals surface area contributed by atoms with Gasteiger partial charge in [0, 0.05) is 6.07 Å². The number of hydrazone groups is 1. The van der Waals surface area contributed by atoms with Gasteiger partial charge in [-0.05, 0) is 32.9 Å². The van der Waals surface area contributed by atoms with Gasteiger partial charge in [-0.1, -0.05) is 0 Å². The molecule has 9 heteroatoms. The zero-order valence-electron chi connectivity index (χ0n) is 12.3. The van der Waals surface area contributed by atoms with Gasteiger partial charge >= 0.3 is 11.7 Å². The number of carboxylic acids is 1. The van der Waals surface area contributed by atoms with Crippen molar-refractivity contribution in [2.45, 2.75) is 32.4 Å². The fourth-order valence-electron chi connectivity index (χ4n) is 1.82. The van der Waals surface area contributed by atoms with Crippen LogP contribution in [-0.2, 0) is 4.79 Å². The van der Waals surface area contributed by atoms with Crippen molar-refractivity contribution in [1.82, 2.24) is 5.43 Å². The van der Waals surface area contributed by atoms with Crippen LogP contribution in [0, 0.1) is 10.1 Å². The van der Waals surface area contributed by atoms with Crippen LogP contribution in [0.4, 0.5) is 11.4 Å². The van der Waals surface area contributed by atoms with Gasteiger partial charge in [0.15, 0.2) is 11.3 Å². The Morgan fingerprint density at radius 3 is 2.73 bits per heavy atom. The van der Waals surface area contributed by atoms with E-state index in [1.165, 1.54) is 30.4 Å². The van der Waals surface area contributed by atoms with Gasteiger partial charge in [-0.3, -0.25) is 10.1 Å². The van der Waals surface area contributed by atoms with E-state index >= 15 is 0 Å². The third-order valence-corrected chi connectivity index (χ3v) is 2.96. The minimum absolute atomic E-state index is 0.146. The van der Waals surface area contributed by atoms with Crippen molar-refractivity contribution < 1.29 is 19.6 Å². The van der Waals surface area contributed by atoms with E-state index in [9.17, 15) is 14.9 Å². The van der Waals surface area contributed by atoms with Crippen molar-refractivity contribution in [3.63, 3.8) is 0 Å². The quantitative estimate of drug-likeness (QED) is 0.625. The first-order valence-electron chi connectivity index (χ1n) is 6.54. The monoisotopic (exact) mass is 308 g/mol. The molecule has 118 valence electrons. The predicted octanol–water partition coefficient (Wildman–Crippen LogP) is 1.54. The molecule has 0 radical (unpaired) electrons. The molecular weight excluding hydrogens is 292 g/mol. The number of hydrogen-bond donors (Lipinski definition) is 2. The van der Waals surface area contributed by atoms with E-state index in [2.05, 4.69) is 10.5 Å². The second-order valence-corrected chi connectivity index (χ2v) is 5.25. The summed E-state index contributed by atoms with van der Waals surface area (Å²) in [6.07, 6.45) is 1.02. The number of nitro groups is 1. The molecule has 1 heterocycles. The summed E-state index contributed by atoms with van der Waals surface area (Å²) in [7, 11) is 0. The fraction of sp³-hybridized carbons (Fsp3) is 0.385. The van der Waals surface area contributed by atoms with Crippen LogP contribution in [-0.4, -0.2) is 33.9 Å². The highest BCUT2D eigenvalue weighted by atomic mass is 16.6. The highest BCUT2D eigenvalue weighted by Crippen LogP contribution is 2.33. The summed E-state index contributed by atoms with van der Waals surface area (Å²) < 4.78 is 5.39. The molecule has 0 fully saturated rings. The number of aliphatic carboxylic acids is 1. The Morgan fingerprint density at radius 2 is 2.23 bits per heavy atom. The Morgan fingerprint density at radius 1 is 1.55 bits per heavy atom. The van der Waals surface area contributed by atoms with Gasteiger partial charge in [0.05, 0.1) is 22.9 Å². The first-order valence-corrected chi connectivity index (χ1v) is 6.54. The Kier molecular flexibility index (Phi) is 4.00. The average molecular weight is 308 g/mol. The number of nitrogens with one attached hydrogen (secondary N) is 1. The van der Waals surface area contributed by atoms with Crippen molar-refractivity contribution in [1.29, 1.82) is 0 Å². The summed E-state index contributed by atoms with van der Waals surface area (Å²) in [5, 5.41) is 25.4. The molecule has 9 nitrogen and oxygen atoms in total. The third-order valence-electron chi connectivity index (χ3n) is 2.96. The molecule has 0 spiro atoms. The minimum atomic E-state index is -1.36. The summed E-state index contributed by atoms with van der Waals surface area (Å²) in [5.74, 6) is -0.957. The lowest BCUT2D eigenvalue weighted by molar-refractivity contribution is -0.386. The molecular formula is C13H16N4O5. The number of hydrazine groups is 1. The number of rotatable bonds is 5. The summed E-state index contributed by atoms with van der Waals surface area (Å²) in [5.41, 5.74) is 1.42.